The smallest absolute Gasteiger partial charge is 0.130 e. The molecule has 2 rings (SSSR count). The molecule has 0 radical (unpaired) electrons. The van der Waals surface area contributed by atoms with Gasteiger partial charge >= 0.3 is 0 Å². The van der Waals surface area contributed by atoms with Crippen LogP contribution >= 0.6 is 11.6 Å². The first-order valence-corrected chi connectivity index (χ1v) is 7.84. The van der Waals surface area contributed by atoms with E-state index in [4.69, 9.17) is 17.4 Å². The van der Waals surface area contributed by atoms with Gasteiger partial charge in [0.05, 0.1) is 5.69 Å². The predicted molar refractivity (Wildman–Crippen MR) is 86.3 cm³/mol. The summed E-state index contributed by atoms with van der Waals surface area (Å²) >= 11 is 6.36. The molecule has 0 saturated carbocycles. The van der Waals surface area contributed by atoms with E-state index in [9.17, 15) is 0 Å². The Hall–Kier alpha value is -0.660. The molecule has 2 atom stereocenters. The van der Waals surface area contributed by atoms with Gasteiger partial charge in [-0.25, -0.2) is 0 Å². The number of aryl methyl sites for hydroxylation is 2. The Morgan fingerprint density at radius 1 is 1.38 bits per heavy atom. The number of halogens is 1. The molecule has 6 nitrogen and oxygen atoms in total. The number of aromatic nitrogens is 2. The lowest BCUT2D eigenvalue weighted by Gasteiger charge is -2.34. The third kappa shape index (κ3) is 3.76. The molecule has 7 heteroatoms. The molecular weight excluding hydrogens is 288 g/mol. The van der Waals surface area contributed by atoms with Crippen LogP contribution in [0.2, 0.25) is 5.15 Å². The highest BCUT2D eigenvalue weighted by Gasteiger charge is 2.29. The van der Waals surface area contributed by atoms with Gasteiger partial charge in [-0.15, -0.1) is 0 Å². The third-order valence-corrected chi connectivity index (χ3v) is 4.96. The van der Waals surface area contributed by atoms with Gasteiger partial charge in [0.1, 0.15) is 5.15 Å². The van der Waals surface area contributed by atoms with Crippen molar-refractivity contribution in [3.05, 3.63) is 16.4 Å². The predicted octanol–water partition coefficient (Wildman–Crippen LogP) is 0.392. The fourth-order valence-electron chi connectivity index (χ4n) is 3.17. The summed E-state index contributed by atoms with van der Waals surface area (Å²) in [6, 6.07) is 0.508. The van der Waals surface area contributed by atoms with Gasteiger partial charge in [-0.3, -0.25) is 16.0 Å². The molecular formula is C14H27ClN6. The van der Waals surface area contributed by atoms with Crippen LogP contribution in [0.3, 0.4) is 0 Å². The van der Waals surface area contributed by atoms with Gasteiger partial charge < -0.3 is 9.80 Å². The lowest BCUT2D eigenvalue weighted by Crippen LogP contribution is -2.55. The van der Waals surface area contributed by atoms with Gasteiger partial charge in [0, 0.05) is 31.2 Å². The van der Waals surface area contributed by atoms with Crippen LogP contribution in [0.1, 0.15) is 17.7 Å². The van der Waals surface area contributed by atoms with E-state index in [2.05, 4.69) is 34.4 Å². The minimum atomic E-state index is 0.149. The van der Waals surface area contributed by atoms with E-state index in [-0.39, 0.29) is 6.04 Å². The molecule has 1 aliphatic heterocycles. The largest absolute Gasteiger partial charge is 0.305 e. The van der Waals surface area contributed by atoms with Gasteiger partial charge in [-0.05, 0) is 47.0 Å². The quantitative estimate of drug-likeness (QED) is 0.622. The molecule has 2 heterocycles. The first-order chi connectivity index (χ1) is 9.93. The minimum Gasteiger partial charge on any atom is -0.305 e. The van der Waals surface area contributed by atoms with E-state index in [0.717, 1.165) is 37.3 Å². The molecule has 1 aromatic rings. The van der Waals surface area contributed by atoms with Crippen molar-refractivity contribution in [1.82, 2.24) is 25.0 Å². The maximum atomic E-state index is 6.36. The summed E-state index contributed by atoms with van der Waals surface area (Å²) < 4.78 is 1.72. The van der Waals surface area contributed by atoms with Gasteiger partial charge in [-0.2, -0.15) is 5.10 Å². The standard InChI is InChI=1S/C14H27ClN6/c1-10-11(14(15)21(4)18-10)8-12(17-16)13-9-19(2)6-5-7-20(13)3/h12-13,17H,5-9,16H2,1-4H3. The van der Waals surface area contributed by atoms with Crippen molar-refractivity contribution in [2.75, 3.05) is 33.7 Å². The van der Waals surface area contributed by atoms with E-state index in [0.29, 0.717) is 11.2 Å². The van der Waals surface area contributed by atoms with Crippen LogP contribution in [-0.4, -0.2) is 65.4 Å². The van der Waals surface area contributed by atoms with Crippen LogP contribution < -0.4 is 11.3 Å². The SMILES string of the molecule is Cc1nn(C)c(Cl)c1CC(NN)C1CN(C)CCCN1C. The summed E-state index contributed by atoms with van der Waals surface area (Å²) in [7, 11) is 6.21. The molecule has 1 saturated heterocycles. The van der Waals surface area contributed by atoms with Crippen LogP contribution in [0.15, 0.2) is 0 Å². The molecule has 21 heavy (non-hydrogen) atoms. The summed E-state index contributed by atoms with van der Waals surface area (Å²) in [5.41, 5.74) is 5.06. The van der Waals surface area contributed by atoms with Crippen LogP contribution in [0, 0.1) is 6.92 Å². The Morgan fingerprint density at radius 2 is 2.10 bits per heavy atom. The second kappa shape index (κ2) is 7.07. The zero-order valence-electron chi connectivity index (χ0n) is 13.4. The summed E-state index contributed by atoms with van der Waals surface area (Å²) in [4.78, 5) is 4.77. The van der Waals surface area contributed by atoms with Crippen LogP contribution in [0.4, 0.5) is 0 Å². The molecule has 2 unspecified atom stereocenters. The molecule has 0 amide bonds. The number of hydrogen-bond acceptors (Lipinski definition) is 5. The second-order valence-corrected chi connectivity index (χ2v) is 6.48. The third-order valence-electron chi connectivity index (χ3n) is 4.49. The molecule has 1 aromatic heterocycles. The Bertz CT molecular complexity index is 474. The molecule has 120 valence electrons. The number of likely N-dealkylation sites (N-methyl/N-ethyl adjacent to an activating group) is 2. The van der Waals surface area contributed by atoms with Crippen LogP contribution in [0.5, 0.6) is 0 Å². The second-order valence-electron chi connectivity index (χ2n) is 6.12. The highest BCUT2D eigenvalue weighted by atomic mass is 35.5. The number of nitrogens with two attached hydrogens (primary N) is 1. The lowest BCUT2D eigenvalue weighted by atomic mass is 9.99. The average Bonchev–Trinajstić information content (AvgIpc) is 2.59. The Morgan fingerprint density at radius 3 is 2.67 bits per heavy atom. The fourth-order valence-corrected chi connectivity index (χ4v) is 3.42. The number of rotatable bonds is 4. The first-order valence-electron chi connectivity index (χ1n) is 7.47. The zero-order valence-corrected chi connectivity index (χ0v) is 14.2. The van der Waals surface area contributed by atoms with E-state index >= 15 is 0 Å². The van der Waals surface area contributed by atoms with Gasteiger partial charge in [0.15, 0.2) is 0 Å². The average molecular weight is 315 g/mol. The fraction of sp³-hybridized carbons (Fsp3) is 0.786. The number of nitrogens with one attached hydrogen (secondary N) is 1. The summed E-state index contributed by atoms with van der Waals surface area (Å²) in [6.07, 6.45) is 1.98. The zero-order chi connectivity index (χ0) is 15.6. The van der Waals surface area contributed by atoms with Crippen LogP contribution in [-0.2, 0) is 13.5 Å². The molecule has 1 fully saturated rings. The molecule has 0 bridgehead atoms. The summed E-state index contributed by atoms with van der Waals surface area (Å²) in [5, 5.41) is 5.09. The minimum absolute atomic E-state index is 0.149. The van der Waals surface area contributed by atoms with Gasteiger partial charge in [-0.1, -0.05) is 11.6 Å². The first kappa shape index (κ1) is 16.7. The number of hydrazine groups is 1. The Labute approximate surface area is 132 Å². The Balaban J connectivity index is 2.18. The van der Waals surface area contributed by atoms with Crippen molar-refractivity contribution in [1.29, 1.82) is 0 Å². The molecule has 0 spiro atoms. The van der Waals surface area contributed by atoms with E-state index in [1.165, 1.54) is 6.42 Å². The highest BCUT2D eigenvalue weighted by molar-refractivity contribution is 6.30. The van der Waals surface area contributed by atoms with E-state index < -0.39 is 0 Å². The lowest BCUT2D eigenvalue weighted by molar-refractivity contribution is 0.177. The van der Waals surface area contributed by atoms with Crippen molar-refractivity contribution >= 4 is 11.6 Å². The monoisotopic (exact) mass is 314 g/mol. The van der Waals surface area contributed by atoms with E-state index in [1.54, 1.807) is 4.68 Å². The highest BCUT2D eigenvalue weighted by Crippen LogP contribution is 2.22. The van der Waals surface area contributed by atoms with Crippen molar-refractivity contribution in [2.45, 2.75) is 31.8 Å². The normalized spacial score (nSPS) is 23.2. The maximum absolute atomic E-state index is 6.36. The molecule has 1 aliphatic rings. The van der Waals surface area contributed by atoms with Crippen molar-refractivity contribution in [3.63, 3.8) is 0 Å². The van der Waals surface area contributed by atoms with E-state index in [1.807, 2.05) is 14.0 Å². The topological polar surface area (TPSA) is 62.4 Å². The van der Waals surface area contributed by atoms with Gasteiger partial charge in [0.2, 0.25) is 0 Å². The Kier molecular flexibility index (Phi) is 5.62. The van der Waals surface area contributed by atoms with Crippen LogP contribution in [0.25, 0.3) is 0 Å². The van der Waals surface area contributed by atoms with Crippen molar-refractivity contribution < 1.29 is 0 Å². The van der Waals surface area contributed by atoms with Gasteiger partial charge in [0.25, 0.3) is 0 Å². The summed E-state index contributed by atoms with van der Waals surface area (Å²) in [5.74, 6) is 5.85. The molecule has 3 N–H and O–H groups in total. The number of hydrogen-bond donors (Lipinski definition) is 2. The summed E-state index contributed by atoms with van der Waals surface area (Å²) in [6.45, 7) is 5.22. The van der Waals surface area contributed by atoms with Crippen molar-refractivity contribution in [2.24, 2.45) is 12.9 Å². The number of nitrogens with zero attached hydrogens (tertiary/aromatic N) is 4. The molecule has 0 aromatic carbocycles. The van der Waals surface area contributed by atoms with Crippen molar-refractivity contribution in [3.8, 4) is 0 Å². The maximum Gasteiger partial charge on any atom is 0.130 e. The molecule has 0 aliphatic carbocycles.